The van der Waals surface area contributed by atoms with Gasteiger partial charge in [-0.05, 0) is 30.3 Å². The van der Waals surface area contributed by atoms with E-state index in [0.717, 1.165) is 27.4 Å². The van der Waals surface area contributed by atoms with E-state index in [1.54, 1.807) is 24.5 Å². The zero-order chi connectivity index (χ0) is 19.7. The largest absolute Gasteiger partial charge is 0.456 e. The van der Waals surface area contributed by atoms with Gasteiger partial charge in [0.25, 0.3) is 0 Å². The van der Waals surface area contributed by atoms with Crippen LogP contribution < -0.4 is 9.30 Å². The van der Waals surface area contributed by atoms with E-state index in [1.165, 1.54) is 12.1 Å². The summed E-state index contributed by atoms with van der Waals surface area (Å²) in [6, 6.07) is 13.6. The third-order valence-electron chi connectivity index (χ3n) is 5.56. The van der Waals surface area contributed by atoms with Gasteiger partial charge in [0.2, 0.25) is 11.2 Å². The standard InChI is InChI=1S/C23H13F2N3O/c1-28-19-9-15(12-10-26-27-11-12)18(25)8-16(19)14-3-2-4-21-22(14)23(28)17-7-13(24)5-6-20(17)29-21/h2-11H,1H3/p+1. The third kappa shape index (κ3) is 2.17. The number of ether oxygens (including phenoxy) is 1. The maximum absolute atomic E-state index is 15.0. The average Bonchev–Trinajstić information content (AvgIpc) is 3.25. The van der Waals surface area contributed by atoms with Gasteiger partial charge in [-0.1, -0.05) is 12.1 Å². The van der Waals surface area contributed by atoms with Gasteiger partial charge in [0.1, 0.15) is 30.2 Å². The summed E-state index contributed by atoms with van der Waals surface area (Å²) in [7, 11) is 1.91. The number of rotatable bonds is 1. The van der Waals surface area contributed by atoms with Crippen molar-refractivity contribution in [2.45, 2.75) is 0 Å². The van der Waals surface area contributed by atoms with Crippen molar-refractivity contribution >= 4 is 21.7 Å². The number of hydrogen-bond acceptors (Lipinski definition) is 2. The Morgan fingerprint density at radius 1 is 0.966 bits per heavy atom. The van der Waals surface area contributed by atoms with Crippen LogP contribution in [0.1, 0.15) is 0 Å². The first-order chi connectivity index (χ1) is 14.1. The van der Waals surface area contributed by atoms with Crippen LogP contribution in [0.25, 0.3) is 44.1 Å². The van der Waals surface area contributed by atoms with E-state index in [2.05, 4.69) is 10.2 Å². The molecule has 0 spiro atoms. The summed E-state index contributed by atoms with van der Waals surface area (Å²) in [6.45, 7) is 0. The highest BCUT2D eigenvalue weighted by Gasteiger charge is 2.31. The van der Waals surface area contributed by atoms with Crippen molar-refractivity contribution in [3.8, 4) is 33.9 Å². The van der Waals surface area contributed by atoms with E-state index in [9.17, 15) is 8.78 Å². The summed E-state index contributed by atoms with van der Waals surface area (Å²) in [6.07, 6.45) is 3.25. The Hall–Kier alpha value is -3.80. The number of nitrogens with zero attached hydrogens (tertiary/aromatic N) is 2. The predicted octanol–water partition coefficient (Wildman–Crippen LogP) is 5.26. The average molecular weight is 386 g/mol. The molecule has 1 N–H and O–H groups in total. The second-order valence-electron chi connectivity index (χ2n) is 7.17. The summed E-state index contributed by atoms with van der Waals surface area (Å²) in [4.78, 5) is 0. The van der Waals surface area contributed by atoms with Crippen LogP contribution in [0.3, 0.4) is 0 Å². The van der Waals surface area contributed by atoms with E-state index in [1.807, 2.05) is 35.9 Å². The van der Waals surface area contributed by atoms with Crippen LogP contribution in [0.5, 0.6) is 11.5 Å². The van der Waals surface area contributed by atoms with Gasteiger partial charge in [-0.15, -0.1) is 0 Å². The van der Waals surface area contributed by atoms with Crippen molar-refractivity contribution in [3.05, 3.63) is 72.6 Å². The van der Waals surface area contributed by atoms with Crippen molar-refractivity contribution in [1.29, 1.82) is 0 Å². The molecule has 0 fully saturated rings. The molecule has 5 aromatic rings. The molecule has 1 aliphatic rings. The molecule has 140 valence electrons. The van der Waals surface area contributed by atoms with Gasteiger partial charge in [-0.3, -0.25) is 5.10 Å². The Morgan fingerprint density at radius 2 is 1.86 bits per heavy atom. The first-order valence-electron chi connectivity index (χ1n) is 9.17. The van der Waals surface area contributed by atoms with E-state index in [0.29, 0.717) is 28.2 Å². The molecule has 1 aliphatic heterocycles. The molecule has 0 saturated heterocycles. The fraction of sp³-hybridized carbons (Fsp3) is 0.0435. The van der Waals surface area contributed by atoms with Crippen molar-refractivity contribution in [1.82, 2.24) is 10.2 Å². The minimum atomic E-state index is -0.335. The number of aromatic amines is 1. The second-order valence-corrected chi connectivity index (χ2v) is 7.17. The van der Waals surface area contributed by atoms with Gasteiger partial charge >= 0.3 is 0 Å². The van der Waals surface area contributed by atoms with Gasteiger partial charge in [-0.2, -0.15) is 9.67 Å². The first-order valence-corrected chi connectivity index (χ1v) is 9.17. The molecule has 6 rings (SSSR count). The van der Waals surface area contributed by atoms with Crippen molar-refractivity contribution in [2.75, 3.05) is 0 Å². The Bertz CT molecular complexity index is 1460. The maximum Gasteiger partial charge on any atom is 0.228 e. The smallest absolute Gasteiger partial charge is 0.228 e. The van der Waals surface area contributed by atoms with Crippen molar-refractivity contribution in [2.24, 2.45) is 7.05 Å². The normalized spacial score (nSPS) is 12.2. The monoisotopic (exact) mass is 386 g/mol. The molecule has 0 amide bonds. The zero-order valence-electron chi connectivity index (χ0n) is 15.3. The lowest BCUT2D eigenvalue weighted by atomic mass is 9.95. The number of hydrogen-bond donors (Lipinski definition) is 1. The number of halogens is 2. The summed E-state index contributed by atoms with van der Waals surface area (Å²) < 4.78 is 37.1. The molecule has 0 radical (unpaired) electrons. The Balaban J connectivity index is 1.81. The van der Waals surface area contributed by atoms with Crippen LogP contribution in [0.4, 0.5) is 8.78 Å². The fourth-order valence-electron chi connectivity index (χ4n) is 4.26. The van der Waals surface area contributed by atoms with Crippen LogP contribution in [0, 0.1) is 11.6 Å². The van der Waals surface area contributed by atoms with Crippen molar-refractivity contribution in [3.63, 3.8) is 0 Å². The minimum absolute atomic E-state index is 0.331. The molecule has 0 atom stereocenters. The second kappa shape index (κ2) is 5.61. The summed E-state index contributed by atoms with van der Waals surface area (Å²) in [5, 5.41) is 9.12. The highest BCUT2D eigenvalue weighted by molar-refractivity contribution is 6.13. The number of fused-ring (bicyclic) bond motifs is 4. The number of benzene rings is 3. The van der Waals surface area contributed by atoms with Crippen LogP contribution in [0.15, 0.2) is 60.9 Å². The van der Waals surface area contributed by atoms with Gasteiger partial charge in [0, 0.05) is 28.8 Å². The van der Waals surface area contributed by atoms with Gasteiger partial charge in [-0.25, -0.2) is 8.78 Å². The number of nitrogens with one attached hydrogen (secondary N) is 1. The van der Waals surface area contributed by atoms with E-state index >= 15 is 0 Å². The van der Waals surface area contributed by atoms with Crippen LogP contribution in [0.2, 0.25) is 0 Å². The summed E-state index contributed by atoms with van der Waals surface area (Å²) in [5.74, 6) is 0.605. The molecule has 3 heterocycles. The molecule has 0 unspecified atom stereocenters. The van der Waals surface area contributed by atoms with E-state index < -0.39 is 0 Å². The Labute approximate surface area is 164 Å². The summed E-state index contributed by atoms with van der Waals surface area (Å²) >= 11 is 0. The lowest BCUT2D eigenvalue weighted by Crippen LogP contribution is -2.33. The molecule has 4 nitrogen and oxygen atoms in total. The molecule has 0 saturated carbocycles. The predicted molar refractivity (Wildman–Crippen MR) is 106 cm³/mol. The molecule has 2 aromatic heterocycles. The highest BCUT2D eigenvalue weighted by atomic mass is 19.1. The van der Waals surface area contributed by atoms with E-state index in [4.69, 9.17) is 4.74 Å². The quantitative estimate of drug-likeness (QED) is 0.309. The molecule has 0 bridgehead atoms. The lowest BCUT2D eigenvalue weighted by molar-refractivity contribution is -0.632. The maximum atomic E-state index is 15.0. The Morgan fingerprint density at radius 3 is 2.69 bits per heavy atom. The molecular weight excluding hydrogens is 372 g/mol. The van der Waals surface area contributed by atoms with Gasteiger partial charge in [0.15, 0.2) is 0 Å². The number of aromatic nitrogens is 3. The molecule has 3 aromatic carbocycles. The number of H-pyrrole nitrogens is 1. The fourth-order valence-corrected chi connectivity index (χ4v) is 4.26. The van der Waals surface area contributed by atoms with Crippen LogP contribution in [-0.4, -0.2) is 10.2 Å². The third-order valence-corrected chi connectivity index (χ3v) is 5.56. The molecule has 0 aliphatic carbocycles. The first kappa shape index (κ1) is 16.2. The van der Waals surface area contributed by atoms with Gasteiger partial charge < -0.3 is 4.74 Å². The van der Waals surface area contributed by atoms with Crippen LogP contribution >= 0.6 is 0 Å². The Kier molecular flexibility index (Phi) is 3.13. The summed E-state index contributed by atoms with van der Waals surface area (Å²) in [5.41, 5.74) is 3.47. The van der Waals surface area contributed by atoms with Crippen molar-refractivity contribution < 1.29 is 18.1 Å². The molecule has 29 heavy (non-hydrogen) atoms. The molecule has 6 heteroatoms. The number of aryl methyl sites for hydroxylation is 1. The zero-order valence-corrected chi connectivity index (χ0v) is 15.3. The SMILES string of the molecule is C[n+]1c2c3c(cccc3c3cc(F)c(-c4cn[nH]c4)cc31)Oc1ccc(F)cc1-2. The van der Waals surface area contributed by atoms with Gasteiger partial charge in [0.05, 0.1) is 22.5 Å². The topological polar surface area (TPSA) is 41.8 Å². The van der Waals surface area contributed by atoms with E-state index in [-0.39, 0.29) is 11.6 Å². The highest BCUT2D eigenvalue weighted by Crippen LogP contribution is 2.46. The number of pyridine rings is 1. The lowest BCUT2D eigenvalue weighted by Gasteiger charge is -2.20. The molecular formula is C23H14F2N3O+. The van der Waals surface area contributed by atoms with Crippen LogP contribution in [-0.2, 0) is 7.05 Å². The minimum Gasteiger partial charge on any atom is -0.456 e.